The number of piperazine rings is 1. The second kappa shape index (κ2) is 7.04. The van der Waals surface area contributed by atoms with Gasteiger partial charge in [0.2, 0.25) is 5.91 Å². The first-order valence-electron chi connectivity index (χ1n) is 9.43. The zero-order chi connectivity index (χ0) is 20.2. The minimum atomic E-state index is -0.927. The summed E-state index contributed by atoms with van der Waals surface area (Å²) in [6, 6.07) is 9.11. The lowest BCUT2D eigenvalue weighted by Gasteiger charge is -2.40. The Balaban J connectivity index is 1.35. The van der Waals surface area contributed by atoms with Crippen LogP contribution in [0.2, 0.25) is 5.02 Å². The molecule has 0 aliphatic carbocycles. The third-order valence-corrected chi connectivity index (χ3v) is 8.21. The van der Waals surface area contributed by atoms with E-state index in [4.69, 9.17) is 11.6 Å². The molecule has 0 radical (unpaired) electrons. The van der Waals surface area contributed by atoms with Gasteiger partial charge >= 0.3 is 0 Å². The Morgan fingerprint density at radius 2 is 1.83 bits per heavy atom. The van der Waals surface area contributed by atoms with Crippen LogP contribution in [0, 0.1) is 0 Å². The van der Waals surface area contributed by atoms with Crippen molar-refractivity contribution in [3.63, 3.8) is 0 Å². The maximum atomic E-state index is 13.6. The van der Waals surface area contributed by atoms with E-state index < -0.39 is 4.87 Å². The molecule has 3 aliphatic rings. The fourth-order valence-electron chi connectivity index (χ4n) is 4.22. The number of hydrogen-bond donors (Lipinski definition) is 0. The molecule has 6 nitrogen and oxygen atoms in total. The molecule has 4 heterocycles. The number of carbonyl (C=O) groups excluding carboxylic acids is 3. The van der Waals surface area contributed by atoms with Crippen molar-refractivity contribution in [3.8, 4) is 0 Å². The highest BCUT2D eigenvalue weighted by Gasteiger charge is 2.58. The Labute approximate surface area is 181 Å². The van der Waals surface area contributed by atoms with Crippen molar-refractivity contribution in [2.24, 2.45) is 0 Å². The number of nitrogens with zero attached hydrogens (tertiary/aromatic N) is 3. The molecule has 9 heteroatoms. The molecule has 2 saturated heterocycles. The minimum absolute atomic E-state index is 0.0141. The molecule has 2 aromatic rings. The van der Waals surface area contributed by atoms with Crippen molar-refractivity contribution in [3.05, 3.63) is 45.6 Å². The first-order chi connectivity index (χ1) is 14.0. The highest BCUT2D eigenvalue weighted by atomic mass is 35.5. The molecule has 5 rings (SSSR count). The van der Waals surface area contributed by atoms with Crippen molar-refractivity contribution in [2.45, 2.75) is 22.6 Å². The Morgan fingerprint density at radius 3 is 2.55 bits per heavy atom. The first-order valence-corrected chi connectivity index (χ1v) is 11.5. The van der Waals surface area contributed by atoms with E-state index >= 15 is 0 Å². The Bertz CT molecular complexity index is 1000. The number of hydrogen-bond acceptors (Lipinski definition) is 5. The molecule has 3 amide bonds. The van der Waals surface area contributed by atoms with Crippen LogP contribution in [0.25, 0.3) is 0 Å². The van der Waals surface area contributed by atoms with Crippen LogP contribution >= 0.6 is 34.7 Å². The van der Waals surface area contributed by atoms with E-state index in [9.17, 15) is 14.4 Å². The summed E-state index contributed by atoms with van der Waals surface area (Å²) in [4.78, 5) is 44.7. The maximum absolute atomic E-state index is 13.6. The number of thioether (sulfide) groups is 1. The number of thiophene rings is 1. The lowest BCUT2D eigenvalue weighted by atomic mass is 10.1. The van der Waals surface area contributed by atoms with Crippen LogP contribution in [0.4, 0.5) is 5.69 Å². The summed E-state index contributed by atoms with van der Waals surface area (Å²) in [6.07, 6.45) is 0.831. The van der Waals surface area contributed by atoms with Gasteiger partial charge in [-0.2, -0.15) is 0 Å². The van der Waals surface area contributed by atoms with Gasteiger partial charge < -0.3 is 9.80 Å². The quantitative estimate of drug-likeness (QED) is 0.708. The molecule has 0 spiro atoms. The van der Waals surface area contributed by atoms with Gasteiger partial charge in [-0.1, -0.05) is 29.4 Å². The predicted octanol–water partition coefficient (Wildman–Crippen LogP) is 3.31. The molecule has 150 valence electrons. The van der Waals surface area contributed by atoms with Gasteiger partial charge in [-0.3, -0.25) is 19.3 Å². The van der Waals surface area contributed by atoms with Crippen molar-refractivity contribution >= 4 is 58.1 Å². The monoisotopic (exact) mass is 447 g/mol. The number of benzene rings is 1. The van der Waals surface area contributed by atoms with Crippen LogP contribution in [-0.4, -0.2) is 58.6 Å². The average Bonchev–Trinajstić information content (AvgIpc) is 3.44. The number of amides is 3. The van der Waals surface area contributed by atoms with Gasteiger partial charge in [0.1, 0.15) is 0 Å². The topological polar surface area (TPSA) is 60.9 Å². The van der Waals surface area contributed by atoms with Crippen LogP contribution < -0.4 is 4.90 Å². The Hall–Kier alpha value is -2.03. The summed E-state index contributed by atoms with van der Waals surface area (Å²) in [7, 11) is 0. The van der Waals surface area contributed by atoms with E-state index in [1.165, 1.54) is 23.1 Å². The lowest BCUT2D eigenvalue weighted by molar-refractivity contribution is -0.135. The van der Waals surface area contributed by atoms with Crippen molar-refractivity contribution in [2.75, 3.05) is 31.1 Å². The molecule has 0 bridgehead atoms. The Morgan fingerprint density at radius 1 is 1.07 bits per heavy atom. The van der Waals surface area contributed by atoms with Gasteiger partial charge in [-0.15, -0.1) is 11.3 Å². The first kappa shape index (κ1) is 19.0. The number of carbonyl (C=O) groups is 3. The molecule has 0 unspecified atom stereocenters. The lowest BCUT2D eigenvalue weighted by Crippen LogP contribution is -2.58. The molecule has 3 aliphatic heterocycles. The van der Waals surface area contributed by atoms with Crippen molar-refractivity contribution in [1.82, 2.24) is 9.80 Å². The molecule has 1 atom stereocenters. The smallest absolute Gasteiger partial charge is 0.264 e. The van der Waals surface area contributed by atoms with Crippen molar-refractivity contribution in [1.29, 1.82) is 0 Å². The standard InChI is InChI=1S/C20H18ClN3O3S2/c21-13-3-4-15-14(12-13)24-17(25)5-6-20(24,29-15)19(27)23-9-7-22(8-10-23)18(26)16-2-1-11-28-16/h1-4,11-12H,5-10H2/t20-/m0/s1. The second-order valence-electron chi connectivity index (χ2n) is 7.29. The third-order valence-electron chi connectivity index (χ3n) is 5.65. The van der Waals surface area contributed by atoms with Gasteiger partial charge in [0.25, 0.3) is 11.8 Å². The molecule has 29 heavy (non-hydrogen) atoms. The number of fused-ring (bicyclic) bond motifs is 3. The van der Waals surface area contributed by atoms with Gasteiger partial charge in [-0.05, 0) is 36.1 Å². The second-order valence-corrected chi connectivity index (χ2v) is 9.99. The van der Waals surface area contributed by atoms with E-state index in [1.54, 1.807) is 26.8 Å². The Kier molecular flexibility index (Phi) is 4.60. The van der Waals surface area contributed by atoms with Gasteiger partial charge in [0.15, 0.2) is 4.87 Å². The number of halogens is 1. The van der Waals surface area contributed by atoms with Crippen LogP contribution in [-0.2, 0) is 9.59 Å². The predicted molar refractivity (Wildman–Crippen MR) is 114 cm³/mol. The van der Waals surface area contributed by atoms with E-state index in [0.29, 0.717) is 44.0 Å². The van der Waals surface area contributed by atoms with Crippen LogP contribution in [0.5, 0.6) is 0 Å². The normalized spacial score (nSPS) is 23.3. The van der Waals surface area contributed by atoms with E-state index in [1.807, 2.05) is 23.6 Å². The molecule has 2 fully saturated rings. The zero-order valence-corrected chi connectivity index (χ0v) is 17.9. The highest BCUT2D eigenvalue weighted by Crippen LogP contribution is 2.57. The molecule has 1 aromatic heterocycles. The maximum Gasteiger partial charge on any atom is 0.264 e. The summed E-state index contributed by atoms with van der Waals surface area (Å²) >= 11 is 9.02. The average molecular weight is 448 g/mol. The van der Waals surface area contributed by atoms with Gasteiger partial charge in [-0.25, -0.2) is 0 Å². The fourth-order valence-corrected chi connectivity index (χ4v) is 6.55. The zero-order valence-electron chi connectivity index (χ0n) is 15.5. The minimum Gasteiger partial charge on any atom is -0.336 e. The molecule has 0 N–H and O–H groups in total. The number of rotatable bonds is 2. The summed E-state index contributed by atoms with van der Waals surface area (Å²) in [5.41, 5.74) is 0.727. The van der Waals surface area contributed by atoms with Crippen LogP contribution in [0.15, 0.2) is 40.6 Å². The molecular weight excluding hydrogens is 430 g/mol. The van der Waals surface area contributed by atoms with Gasteiger partial charge in [0, 0.05) is 42.5 Å². The summed E-state index contributed by atoms with van der Waals surface area (Å²) in [5.74, 6) is -0.0810. The summed E-state index contributed by atoms with van der Waals surface area (Å²) in [5, 5.41) is 2.44. The SMILES string of the molecule is O=C(c1cccs1)N1CCN(C(=O)[C@@]23CCC(=O)N2c2cc(Cl)ccc2S3)CC1. The van der Waals surface area contributed by atoms with Crippen molar-refractivity contribution < 1.29 is 14.4 Å². The fraction of sp³-hybridized carbons (Fsp3) is 0.350. The molecule has 1 aromatic carbocycles. The van der Waals surface area contributed by atoms with Crippen LogP contribution in [0.3, 0.4) is 0 Å². The molecule has 0 saturated carbocycles. The highest BCUT2D eigenvalue weighted by molar-refractivity contribution is 8.02. The summed E-state index contributed by atoms with van der Waals surface area (Å²) < 4.78 is 0. The van der Waals surface area contributed by atoms with Crippen LogP contribution in [0.1, 0.15) is 22.5 Å². The third kappa shape index (κ3) is 2.96. The van der Waals surface area contributed by atoms with E-state index in [2.05, 4.69) is 0 Å². The van der Waals surface area contributed by atoms with E-state index in [0.717, 1.165) is 15.5 Å². The molecular formula is C20H18ClN3O3S2. The number of anilines is 1. The van der Waals surface area contributed by atoms with E-state index in [-0.39, 0.29) is 17.7 Å². The van der Waals surface area contributed by atoms with Gasteiger partial charge in [0.05, 0.1) is 10.6 Å². The summed E-state index contributed by atoms with van der Waals surface area (Å²) in [6.45, 7) is 1.93. The largest absolute Gasteiger partial charge is 0.336 e.